The number of rotatable bonds is 2. The average molecular weight is 318 g/mol. The van der Waals surface area contributed by atoms with Gasteiger partial charge in [0.05, 0.1) is 12.8 Å². The molecule has 3 aliphatic carbocycles. The summed E-state index contributed by atoms with van der Waals surface area (Å²) in [5.41, 5.74) is 2.81. The van der Waals surface area contributed by atoms with Gasteiger partial charge in [0, 0.05) is 0 Å². The smallest absolute Gasteiger partial charge is 0.115 e. The van der Waals surface area contributed by atoms with Gasteiger partial charge in [-0.3, -0.25) is 4.39 Å². The number of hydrogen-bond acceptors (Lipinski definition) is 2. The molecule has 1 aromatic carbocycles. The number of phenols is 1. The van der Waals surface area contributed by atoms with Gasteiger partial charge in [0.2, 0.25) is 0 Å². The Hall–Kier alpha value is -1.09. The molecule has 23 heavy (non-hydrogen) atoms. The molecule has 0 heterocycles. The molecular weight excluding hydrogens is 291 g/mol. The summed E-state index contributed by atoms with van der Waals surface area (Å²) < 4.78 is 13.2. The fourth-order valence-corrected chi connectivity index (χ4v) is 6.22. The van der Waals surface area contributed by atoms with Gasteiger partial charge in [0.15, 0.2) is 0 Å². The van der Waals surface area contributed by atoms with Crippen molar-refractivity contribution in [2.75, 3.05) is 6.67 Å². The Labute approximate surface area is 137 Å². The zero-order chi connectivity index (χ0) is 16.2. The minimum atomic E-state index is -0.270. The van der Waals surface area contributed by atoms with Gasteiger partial charge < -0.3 is 10.2 Å². The van der Waals surface area contributed by atoms with E-state index in [1.165, 1.54) is 11.1 Å². The first-order valence-electron chi connectivity index (χ1n) is 9.07. The molecule has 0 spiro atoms. The Morgan fingerprint density at radius 1 is 1.35 bits per heavy atom. The molecule has 0 saturated heterocycles. The van der Waals surface area contributed by atoms with E-state index in [2.05, 4.69) is 13.0 Å². The second-order valence-electron chi connectivity index (χ2n) is 8.40. The van der Waals surface area contributed by atoms with Crippen LogP contribution in [0.3, 0.4) is 0 Å². The van der Waals surface area contributed by atoms with Crippen molar-refractivity contribution < 1.29 is 14.6 Å². The lowest BCUT2D eigenvalue weighted by Gasteiger charge is -2.52. The number of fused-ring (bicyclic) bond motifs is 5. The van der Waals surface area contributed by atoms with Crippen molar-refractivity contribution in [3.8, 4) is 5.75 Å². The summed E-state index contributed by atoms with van der Waals surface area (Å²) >= 11 is 0. The molecule has 0 aliphatic heterocycles. The van der Waals surface area contributed by atoms with Crippen molar-refractivity contribution >= 4 is 0 Å². The maximum Gasteiger partial charge on any atom is 0.115 e. The molecule has 2 saturated carbocycles. The Morgan fingerprint density at radius 3 is 2.96 bits per heavy atom. The van der Waals surface area contributed by atoms with Gasteiger partial charge in [-0.15, -0.1) is 0 Å². The Kier molecular flexibility index (Phi) is 3.67. The highest BCUT2D eigenvalue weighted by molar-refractivity contribution is 5.40. The van der Waals surface area contributed by atoms with E-state index in [1.54, 1.807) is 6.07 Å². The van der Waals surface area contributed by atoms with Gasteiger partial charge >= 0.3 is 0 Å². The summed E-state index contributed by atoms with van der Waals surface area (Å²) in [6.45, 7) is 2.07. The highest BCUT2D eigenvalue weighted by Crippen LogP contribution is 2.62. The molecule has 3 aliphatic rings. The topological polar surface area (TPSA) is 40.5 Å². The summed E-state index contributed by atoms with van der Waals surface area (Å²) in [6.07, 6.45) is 5.37. The van der Waals surface area contributed by atoms with Crippen LogP contribution in [0.2, 0.25) is 0 Å². The normalized spacial score (nSPS) is 42.0. The highest BCUT2D eigenvalue weighted by atomic mass is 19.1. The SMILES string of the molecule is C[C@]12CC[C@@H]3c4ccc(O)cc4C[C@H](CCF)[C@H]3[C@@H]1C[C@H](O)C2. The highest BCUT2D eigenvalue weighted by Gasteiger charge is 2.55. The van der Waals surface area contributed by atoms with E-state index in [9.17, 15) is 14.6 Å². The van der Waals surface area contributed by atoms with Gasteiger partial charge in [0.25, 0.3) is 0 Å². The van der Waals surface area contributed by atoms with Crippen LogP contribution in [0.4, 0.5) is 4.39 Å². The zero-order valence-electron chi connectivity index (χ0n) is 13.8. The molecule has 1 aromatic rings. The van der Waals surface area contributed by atoms with Crippen LogP contribution in [-0.4, -0.2) is 23.0 Å². The van der Waals surface area contributed by atoms with Crippen molar-refractivity contribution in [1.82, 2.24) is 0 Å². The number of benzene rings is 1. The largest absolute Gasteiger partial charge is 0.508 e. The molecule has 2 N–H and O–H groups in total. The second-order valence-corrected chi connectivity index (χ2v) is 8.40. The maximum atomic E-state index is 13.2. The molecule has 0 amide bonds. The van der Waals surface area contributed by atoms with Crippen molar-refractivity contribution in [3.05, 3.63) is 29.3 Å². The molecule has 0 radical (unpaired) electrons. The van der Waals surface area contributed by atoms with E-state index in [0.29, 0.717) is 35.8 Å². The first kappa shape index (κ1) is 15.4. The lowest BCUT2D eigenvalue weighted by atomic mass is 9.52. The van der Waals surface area contributed by atoms with E-state index in [1.807, 2.05) is 6.07 Å². The fourth-order valence-electron chi connectivity index (χ4n) is 6.22. The van der Waals surface area contributed by atoms with Crippen LogP contribution in [0.25, 0.3) is 0 Å². The van der Waals surface area contributed by atoms with Gasteiger partial charge in [-0.25, -0.2) is 0 Å². The van der Waals surface area contributed by atoms with E-state index in [4.69, 9.17) is 0 Å². The minimum Gasteiger partial charge on any atom is -0.508 e. The van der Waals surface area contributed by atoms with Crippen LogP contribution in [0.1, 0.15) is 56.1 Å². The number of alkyl halides is 1. The predicted octanol–water partition coefficient (Wildman–Crippen LogP) is 4.19. The third-order valence-electron chi connectivity index (χ3n) is 7.11. The third-order valence-corrected chi connectivity index (χ3v) is 7.11. The standard InChI is InChI=1S/C20H27FO2/c1-20-6-4-17-16-3-2-14(22)9-13(16)8-12(5-7-21)19(17)18(20)10-15(23)11-20/h2-3,9,12,15,17-19,22-23H,4-8,10-11H2,1H3/t12-,15-,17+,18-,19+,20+/m0/s1. The number of hydrogen-bond donors (Lipinski definition) is 2. The first-order valence-corrected chi connectivity index (χ1v) is 9.07. The molecule has 2 fully saturated rings. The Morgan fingerprint density at radius 2 is 2.17 bits per heavy atom. The predicted molar refractivity (Wildman–Crippen MR) is 88.2 cm³/mol. The minimum absolute atomic E-state index is 0.184. The number of aliphatic hydroxyl groups is 1. The maximum absolute atomic E-state index is 13.2. The molecule has 2 nitrogen and oxygen atoms in total. The third kappa shape index (κ3) is 2.39. The van der Waals surface area contributed by atoms with E-state index >= 15 is 0 Å². The molecule has 6 atom stereocenters. The summed E-state index contributed by atoms with van der Waals surface area (Å²) in [5.74, 6) is 2.13. The Bertz CT molecular complexity index is 601. The Balaban J connectivity index is 1.75. The number of aromatic hydroxyl groups is 1. The lowest BCUT2D eigenvalue weighted by molar-refractivity contribution is 0.0214. The van der Waals surface area contributed by atoms with Gasteiger partial charge in [-0.2, -0.15) is 0 Å². The van der Waals surface area contributed by atoms with Crippen LogP contribution < -0.4 is 0 Å². The van der Waals surface area contributed by atoms with Crippen LogP contribution in [-0.2, 0) is 6.42 Å². The molecule has 0 unspecified atom stereocenters. The van der Waals surface area contributed by atoms with E-state index in [0.717, 1.165) is 32.1 Å². The molecule has 4 rings (SSSR count). The lowest BCUT2D eigenvalue weighted by Crippen LogP contribution is -2.44. The summed E-state index contributed by atoms with van der Waals surface area (Å²) in [7, 11) is 0. The quantitative estimate of drug-likeness (QED) is 0.858. The average Bonchev–Trinajstić information content (AvgIpc) is 2.81. The molecular formula is C20H27FO2. The number of halogens is 1. The van der Waals surface area contributed by atoms with Crippen molar-refractivity contribution in [1.29, 1.82) is 0 Å². The van der Waals surface area contributed by atoms with Crippen LogP contribution in [0.5, 0.6) is 5.75 Å². The molecule has 0 bridgehead atoms. The van der Waals surface area contributed by atoms with E-state index in [-0.39, 0.29) is 18.2 Å². The monoisotopic (exact) mass is 318 g/mol. The van der Waals surface area contributed by atoms with Crippen molar-refractivity contribution in [3.63, 3.8) is 0 Å². The summed E-state index contributed by atoms with van der Waals surface area (Å²) in [6, 6.07) is 5.76. The fraction of sp³-hybridized carbons (Fsp3) is 0.700. The van der Waals surface area contributed by atoms with Crippen LogP contribution in [0, 0.1) is 23.2 Å². The second kappa shape index (κ2) is 5.47. The summed E-state index contributed by atoms with van der Waals surface area (Å²) in [5, 5.41) is 20.1. The van der Waals surface area contributed by atoms with E-state index < -0.39 is 0 Å². The number of aliphatic hydroxyl groups excluding tert-OH is 1. The first-order chi connectivity index (χ1) is 11.0. The zero-order valence-corrected chi connectivity index (χ0v) is 13.8. The molecule has 3 heteroatoms. The van der Waals surface area contributed by atoms with Crippen molar-refractivity contribution in [2.45, 2.75) is 57.5 Å². The summed E-state index contributed by atoms with van der Waals surface area (Å²) in [4.78, 5) is 0. The van der Waals surface area contributed by atoms with Gasteiger partial charge in [0.1, 0.15) is 5.75 Å². The van der Waals surface area contributed by atoms with Gasteiger partial charge in [-0.1, -0.05) is 13.0 Å². The van der Waals surface area contributed by atoms with Crippen LogP contribution >= 0.6 is 0 Å². The molecule has 126 valence electrons. The van der Waals surface area contributed by atoms with Crippen molar-refractivity contribution in [2.24, 2.45) is 23.2 Å². The number of phenolic OH excluding ortho intramolecular Hbond substituents is 1. The van der Waals surface area contributed by atoms with Gasteiger partial charge in [-0.05, 0) is 90.9 Å². The van der Waals surface area contributed by atoms with Crippen LogP contribution in [0.15, 0.2) is 18.2 Å². The molecule has 0 aromatic heterocycles.